The SMILES string of the molecule is C=C/C=C(\c1cc(-c2[nH]nc3ncc(-c4cncc(CN5CCC(F)(F)C5)c4)cc23)[nH]c1C)N1CCCCC1. The molecule has 0 spiro atoms. The number of piperidine rings is 1. The van der Waals surface area contributed by atoms with Crippen molar-refractivity contribution in [1.29, 1.82) is 0 Å². The fourth-order valence-electron chi connectivity index (χ4n) is 5.77. The molecule has 0 bridgehead atoms. The van der Waals surface area contributed by atoms with E-state index in [4.69, 9.17) is 0 Å². The van der Waals surface area contributed by atoms with Crippen LogP contribution >= 0.6 is 0 Å². The van der Waals surface area contributed by atoms with E-state index in [1.807, 2.05) is 12.1 Å². The van der Waals surface area contributed by atoms with Crippen LogP contribution in [-0.2, 0) is 6.54 Å². The number of halogens is 2. The van der Waals surface area contributed by atoms with Crippen LogP contribution in [0.4, 0.5) is 8.78 Å². The predicted octanol–water partition coefficient (Wildman–Crippen LogP) is 6.18. The molecule has 0 aliphatic carbocycles. The molecule has 0 unspecified atom stereocenters. The molecule has 0 radical (unpaired) electrons. The number of hydrogen-bond acceptors (Lipinski definition) is 5. The molecule has 7 nitrogen and oxygen atoms in total. The lowest BCUT2D eigenvalue weighted by atomic mass is 10.0. The second-order valence-electron chi connectivity index (χ2n) is 10.6. The maximum atomic E-state index is 13.7. The van der Waals surface area contributed by atoms with Crippen LogP contribution in [0, 0.1) is 6.92 Å². The van der Waals surface area contributed by atoms with Gasteiger partial charge in [0.2, 0.25) is 0 Å². The van der Waals surface area contributed by atoms with Gasteiger partial charge >= 0.3 is 0 Å². The molecule has 6 heterocycles. The number of likely N-dealkylation sites (tertiary alicyclic amines) is 2. The highest BCUT2D eigenvalue weighted by Gasteiger charge is 2.37. The molecule has 2 aliphatic rings. The number of aromatic amines is 2. The van der Waals surface area contributed by atoms with E-state index in [1.54, 1.807) is 23.5 Å². The predicted molar refractivity (Wildman–Crippen MR) is 150 cm³/mol. The molecule has 39 heavy (non-hydrogen) atoms. The van der Waals surface area contributed by atoms with Gasteiger partial charge in [0.1, 0.15) is 0 Å². The molecular formula is C30H33F2N7. The Morgan fingerprint density at radius 3 is 2.67 bits per heavy atom. The summed E-state index contributed by atoms with van der Waals surface area (Å²) in [5, 5.41) is 8.53. The largest absolute Gasteiger partial charge is 0.371 e. The Morgan fingerprint density at radius 2 is 1.90 bits per heavy atom. The van der Waals surface area contributed by atoms with Crippen molar-refractivity contribution in [3.8, 4) is 22.5 Å². The minimum atomic E-state index is -2.61. The van der Waals surface area contributed by atoms with Gasteiger partial charge in [0.25, 0.3) is 5.92 Å². The molecule has 0 saturated carbocycles. The lowest BCUT2D eigenvalue weighted by molar-refractivity contribution is 0.0115. The molecule has 2 fully saturated rings. The van der Waals surface area contributed by atoms with Crippen LogP contribution in [0.15, 0.2) is 55.5 Å². The highest BCUT2D eigenvalue weighted by atomic mass is 19.3. The number of rotatable bonds is 7. The van der Waals surface area contributed by atoms with Crippen LogP contribution in [0.25, 0.3) is 39.2 Å². The van der Waals surface area contributed by atoms with E-state index in [1.165, 1.54) is 25.0 Å². The van der Waals surface area contributed by atoms with Crippen molar-refractivity contribution in [3.63, 3.8) is 0 Å². The molecule has 6 rings (SSSR count). The number of allylic oxidation sites excluding steroid dienone is 2. The molecule has 2 N–H and O–H groups in total. The van der Waals surface area contributed by atoms with Crippen molar-refractivity contribution in [2.24, 2.45) is 0 Å². The van der Waals surface area contributed by atoms with Gasteiger partial charge in [-0.05, 0) is 56.0 Å². The molecule has 202 valence electrons. The number of aryl methyl sites for hydroxylation is 1. The van der Waals surface area contributed by atoms with Gasteiger partial charge in [-0.25, -0.2) is 13.8 Å². The normalized spacial score (nSPS) is 18.2. The topological polar surface area (TPSA) is 76.7 Å². The van der Waals surface area contributed by atoms with Crippen molar-refractivity contribution in [1.82, 2.24) is 34.9 Å². The number of nitrogens with zero attached hydrogens (tertiary/aromatic N) is 5. The van der Waals surface area contributed by atoms with Gasteiger partial charge in [-0.15, -0.1) is 0 Å². The third-order valence-electron chi connectivity index (χ3n) is 7.73. The number of aromatic nitrogens is 5. The van der Waals surface area contributed by atoms with Crippen molar-refractivity contribution in [3.05, 3.63) is 72.3 Å². The summed E-state index contributed by atoms with van der Waals surface area (Å²) in [6, 6.07) is 6.24. The molecule has 4 aromatic rings. The highest BCUT2D eigenvalue weighted by Crippen LogP contribution is 2.34. The smallest absolute Gasteiger partial charge is 0.261 e. The van der Waals surface area contributed by atoms with E-state index >= 15 is 0 Å². The van der Waals surface area contributed by atoms with E-state index in [9.17, 15) is 8.78 Å². The number of pyridine rings is 2. The fraction of sp³-hybridized carbons (Fsp3) is 0.367. The summed E-state index contributed by atoms with van der Waals surface area (Å²) in [4.78, 5) is 16.8. The number of nitrogens with one attached hydrogen (secondary N) is 2. The van der Waals surface area contributed by atoms with E-state index in [0.717, 1.165) is 57.8 Å². The van der Waals surface area contributed by atoms with Crippen molar-refractivity contribution in [2.45, 2.75) is 45.1 Å². The van der Waals surface area contributed by atoms with E-state index in [0.29, 0.717) is 18.7 Å². The van der Waals surface area contributed by atoms with Gasteiger partial charge in [-0.2, -0.15) is 5.10 Å². The minimum Gasteiger partial charge on any atom is -0.371 e. The van der Waals surface area contributed by atoms with Crippen LogP contribution in [0.3, 0.4) is 0 Å². The zero-order valence-corrected chi connectivity index (χ0v) is 22.2. The maximum Gasteiger partial charge on any atom is 0.261 e. The molecule has 0 aromatic carbocycles. The Bertz CT molecular complexity index is 1530. The summed E-state index contributed by atoms with van der Waals surface area (Å²) in [5.41, 5.74) is 8.56. The Hall–Kier alpha value is -3.85. The fourth-order valence-corrected chi connectivity index (χ4v) is 5.77. The average molecular weight is 530 g/mol. The van der Waals surface area contributed by atoms with E-state index in [2.05, 4.69) is 61.8 Å². The monoisotopic (exact) mass is 529 g/mol. The Morgan fingerprint density at radius 1 is 1.08 bits per heavy atom. The Labute approximate surface area is 226 Å². The van der Waals surface area contributed by atoms with Gasteiger partial charge in [0.15, 0.2) is 5.65 Å². The molecule has 2 aliphatic heterocycles. The first kappa shape index (κ1) is 25.4. The van der Waals surface area contributed by atoms with Gasteiger partial charge in [-0.1, -0.05) is 12.7 Å². The van der Waals surface area contributed by atoms with Crippen molar-refractivity contribution >= 4 is 16.7 Å². The molecule has 9 heteroatoms. The summed E-state index contributed by atoms with van der Waals surface area (Å²) in [7, 11) is 0. The van der Waals surface area contributed by atoms with E-state index in [-0.39, 0.29) is 13.0 Å². The Balaban J connectivity index is 1.31. The first-order valence-electron chi connectivity index (χ1n) is 13.6. The number of fused-ring (bicyclic) bond motifs is 1. The standard InChI is InChI=1S/C30H33F2N7/c1-3-7-27(39-9-5-4-6-10-39)24-14-26(35-20(24)2)28-25-13-23(17-34-29(25)37-36-28)22-12-21(15-33-16-22)18-38-11-8-30(31,32)19-38/h3,7,12-17,35H,1,4-6,8-11,18-19H2,2H3,(H,34,36,37)/b27-7+. The summed E-state index contributed by atoms with van der Waals surface area (Å²) in [5.74, 6) is -2.61. The lowest BCUT2D eigenvalue weighted by Crippen LogP contribution is -2.28. The number of hydrogen-bond donors (Lipinski definition) is 2. The second kappa shape index (κ2) is 10.4. The molecule has 4 aromatic heterocycles. The minimum absolute atomic E-state index is 0.0905. The van der Waals surface area contributed by atoms with Crippen LogP contribution in [0.2, 0.25) is 0 Å². The molecular weight excluding hydrogens is 496 g/mol. The number of alkyl halides is 2. The summed E-state index contributed by atoms with van der Waals surface area (Å²) in [6.07, 6.45) is 12.8. The van der Waals surface area contributed by atoms with Crippen molar-refractivity contribution in [2.75, 3.05) is 26.2 Å². The average Bonchev–Trinajstić information content (AvgIpc) is 3.63. The molecule has 0 atom stereocenters. The zero-order chi connectivity index (χ0) is 27.0. The van der Waals surface area contributed by atoms with Gasteiger partial charge in [-0.3, -0.25) is 15.0 Å². The summed E-state index contributed by atoms with van der Waals surface area (Å²) >= 11 is 0. The van der Waals surface area contributed by atoms with Crippen LogP contribution in [0.1, 0.15) is 42.5 Å². The first-order valence-corrected chi connectivity index (χ1v) is 13.6. The molecule has 2 saturated heterocycles. The summed E-state index contributed by atoms with van der Waals surface area (Å²) < 4.78 is 27.3. The van der Waals surface area contributed by atoms with Crippen molar-refractivity contribution < 1.29 is 8.78 Å². The lowest BCUT2D eigenvalue weighted by Gasteiger charge is -2.31. The number of H-pyrrole nitrogens is 2. The maximum absolute atomic E-state index is 13.7. The van der Waals surface area contributed by atoms with Gasteiger partial charge in [0, 0.05) is 84.7 Å². The quantitative estimate of drug-likeness (QED) is 0.280. The van der Waals surface area contributed by atoms with Crippen LogP contribution in [-0.4, -0.2) is 67.1 Å². The first-order chi connectivity index (χ1) is 18.9. The molecule has 0 amide bonds. The zero-order valence-electron chi connectivity index (χ0n) is 22.2. The van der Waals surface area contributed by atoms with Crippen LogP contribution in [0.5, 0.6) is 0 Å². The second-order valence-corrected chi connectivity index (χ2v) is 10.6. The van der Waals surface area contributed by atoms with Gasteiger partial charge in [0.05, 0.1) is 17.9 Å². The van der Waals surface area contributed by atoms with E-state index < -0.39 is 5.92 Å². The third-order valence-corrected chi connectivity index (χ3v) is 7.73. The van der Waals surface area contributed by atoms with Gasteiger partial charge < -0.3 is 9.88 Å². The Kier molecular flexibility index (Phi) is 6.76. The summed E-state index contributed by atoms with van der Waals surface area (Å²) in [6.45, 7) is 8.77. The van der Waals surface area contributed by atoms with Crippen LogP contribution < -0.4 is 0 Å². The third kappa shape index (κ3) is 5.23. The highest BCUT2D eigenvalue weighted by molar-refractivity contribution is 5.93.